The van der Waals surface area contributed by atoms with Crippen LogP contribution in [0.1, 0.15) is 40.0 Å². The predicted octanol–water partition coefficient (Wildman–Crippen LogP) is 2.02. The summed E-state index contributed by atoms with van der Waals surface area (Å²) >= 11 is 2.15. The van der Waals surface area contributed by atoms with Crippen molar-refractivity contribution in [3.8, 4) is 0 Å². The van der Waals surface area contributed by atoms with Crippen LogP contribution in [0.25, 0.3) is 0 Å². The number of likely N-dealkylation sites (tertiary alicyclic amines) is 1. The SMILES string of the molecule is CCC1CN(C2(CN)CCN(C(C)C)CC2)CCS1. The molecule has 0 aromatic rings. The molecule has 0 aliphatic carbocycles. The first-order valence-corrected chi connectivity index (χ1v) is 8.97. The van der Waals surface area contributed by atoms with Crippen LogP contribution in [-0.2, 0) is 0 Å². The monoisotopic (exact) mass is 285 g/mol. The number of piperidine rings is 1. The lowest BCUT2D eigenvalue weighted by Crippen LogP contribution is -2.62. The van der Waals surface area contributed by atoms with Crippen LogP contribution in [0.2, 0.25) is 0 Å². The van der Waals surface area contributed by atoms with Crippen molar-refractivity contribution in [3.05, 3.63) is 0 Å². The molecule has 2 aliphatic heterocycles. The summed E-state index contributed by atoms with van der Waals surface area (Å²) in [4.78, 5) is 5.33. The first kappa shape index (κ1) is 15.6. The highest BCUT2D eigenvalue weighted by Gasteiger charge is 2.40. The maximum Gasteiger partial charge on any atom is 0.0356 e. The van der Waals surface area contributed by atoms with Gasteiger partial charge in [-0.05, 0) is 33.1 Å². The van der Waals surface area contributed by atoms with E-state index in [-0.39, 0.29) is 0 Å². The van der Waals surface area contributed by atoms with Crippen LogP contribution in [-0.4, -0.2) is 65.1 Å². The molecule has 0 radical (unpaired) electrons. The van der Waals surface area contributed by atoms with Gasteiger partial charge in [0.15, 0.2) is 0 Å². The van der Waals surface area contributed by atoms with E-state index < -0.39 is 0 Å². The lowest BCUT2D eigenvalue weighted by atomic mass is 9.84. The summed E-state index contributed by atoms with van der Waals surface area (Å²) in [5.74, 6) is 1.29. The van der Waals surface area contributed by atoms with E-state index in [9.17, 15) is 0 Å². The van der Waals surface area contributed by atoms with Gasteiger partial charge in [-0.1, -0.05) is 6.92 Å². The Labute approximate surface area is 123 Å². The summed E-state index contributed by atoms with van der Waals surface area (Å²) in [7, 11) is 0. The van der Waals surface area contributed by atoms with Gasteiger partial charge in [-0.15, -0.1) is 0 Å². The van der Waals surface area contributed by atoms with Gasteiger partial charge in [0.25, 0.3) is 0 Å². The van der Waals surface area contributed by atoms with Gasteiger partial charge in [-0.3, -0.25) is 4.90 Å². The van der Waals surface area contributed by atoms with Crippen molar-refractivity contribution in [3.63, 3.8) is 0 Å². The van der Waals surface area contributed by atoms with Crippen molar-refractivity contribution >= 4 is 11.8 Å². The second kappa shape index (κ2) is 6.79. The third-order valence-electron chi connectivity index (χ3n) is 5.10. The van der Waals surface area contributed by atoms with Crippen LogP contribution in [0, 0.1) is 0 Å². The average Bonchev–Trinajstić information content (AvgIpc) is 2.47. The highest BCUT2D eigenvalue weighted by atomic mass is 32.2. The molecule has 4 heteroatoms. The number of hydrogen-bond acceptors (Lipinski definition) is 4. The molecule has 1 unspecified atom stereocenters. The van der Waals surface area contributed by atoms with Crippen LogP contribution < -0.4 is 5.73 Å². The summed E-state index contributed by atoms with van der Waals surface area (Å²) in [5, 5.41) is 0.820. The molecule has 0 spiro atoms. The maximum atomic E-state index is 6.21. The molecule has 3 nitrogen and oxygen atoms in total. The topological polar surface area (TPSA) is 32.5 Å². The molecular weight excluding hydrogens is 254 g/mol. The van der Waals surface area contributed by atoms with Crippen molar-refractivity contribution in [2.75, 3.05) is 38.5 Å². The zero-order valence-corrected chi connectivity index (χ0v) is 13.7. The Balaban J connectivity index is 1.99. The fourth-order valence-electron chi connectivity index (χ4n) is 3.50. The highest BCUT2D eigenvalue weighted by Crippen LogP contribution is 2.33. The Hall–Kier alpha value is 0.230. The number of rotatable bonds is 4. The Morgan fingerprint density at radius 2 is 1.95 bits per heavy atom. The molecule has 2 aliphatic rings. The van der Waals surface area contributed by atoms with Gasteiger partial charge < -0.3 is 10.6 Å². The molecule has 2 heterocycles. The van der Waals surface area contributed by atoms with E-state index in [0.29, 0.717) is 11.6 Å². The molecule has 0 saturated carbocycles. The smallest absolute Gasteiger partial charge is 0.0356 e. The minimum Gasteiger partial charge on any atom is -0.329 e. The minimum atomic E-state index is 0.291. The summed E-state index contributed by atoms with van der Waals surface area (Å²) in [6, 6.07) is 0.677. The van der Waals surface area contributed by atoms with E-state index in [0.717, 1.165) is 11.8 Å². The van der Waals surface area contributed by atoms with Gasteiger partial charge in [-0.25, -0.2) is 0 Å². The summed E-state index contributed by atoms with van der Waals surface area (Å²) in [6.45, 7) is 12.7. The third-order valence-corrected chi connectivity index (χ3v) is 6.48. The van der Waals surface area contributed by atoms with E-state index >= 15 is 0 Å². The van der Waals surface area contributed by atoms with Crippen molar-refractivity contribution in [2.24, 2.45) is 5.73 Å². The quantitative estimate of drug-likeness (QED) is 0.856. The molecule has 0 amide bonds. The molecule has 112 valence electrons. The van der Waals surface area contributed by atoms with E-state index in [1.165, 1.54) is 51.2 Å². The fourth-order valence-corrected chi connectivity index (χ4v) is 4.68. The van der Waals surface area contributed by atoms with E-state index in [1.54, 1.807) is 0 Å². The Kier molecular flexibility index (Phi) is 5.58. The third kappa shape index (κ3) is 3.46. The zero-order chi connectivity index (χ0) is 13.9. The molecule has 0 bridgehead atoms. The second-order valence-electron chi connectivity index (χ2n) is 6.41. The van der Waals surface area contributed by atoms with Crippen molar-refractivity contribution in [2.45, 2.75) is 56.9 Å². The first-order valence-electron chi connectivity index (χ1n) is 7.92. The van der Waals surface area contributed by atoms with Gasteiger partial charge in [-0.2, -0.15) is 11.8 Å². The highest BCUT2D eigenvalue weighted by molar-refractivity contribution is 8.00. The van der Waals surface area contributed by atoms with Crippen LogP contribution >= 0.6 is 11.8 Å². The largest absolute Gasteiger partial charge is 0.329 e. The van der Waals surface area contributed by atoms with E-state index in [4.69, 9.17) is 5.73 Å². The van der Waals surface area contributed by atoms with Crippen molar-refractivity contribution in [1.82, 2.24) is 9.80 Å². The van der Waals surface area contributed by atoms with Crippen molar-refractivity contribution in [1.29, 1.82) is 0 Å². The van der Waals surface area contributed by atoms with Crippen LogP contribution in [0.3, 0.4) is 0 Å². The molecule has 0 aromatic heterocycles. The number of nitrogens with zero attached hydrogens (tertiary/aromatic N) is 2. The Morgan fingerprint density at radius 1 is 1.26 bits per heavy atom. The molecule has 0 aromatic carbocycles. The fraction of sp³-hybridized carbons (Fsp3) is 1.00. The standard InChI is InChI=1S/C15H31N3S/c1-4-14-11-18(9-10-19-14)15(12-16)5-7-17(8-6-15)13(2)3/h13-14H,4-12,16H2,1-3H3. The van der Waals surface area contributed by atoms with E-state index in [2.05, 4.69) is 42.3 Å². The summed E-state index contributed by atoms with van der Waals surface area (Å²) in [6.07, 6.45) is 3.80. The predicted molar refractivity (Wildman–Crippen MR) is 85.8 cm³/mol. The average molecular weight is 286 g/mol. The van der Waals surface area contributed by atoms with E-state index in [1.807, 2.05) is 0 Å². The first-order chi connectivity index (χ1) is 9.11. The maximum absolute atomic E-state index is 6.21. The Morgan fingerprint density at radius 3 is 2.47 bits per heavy atom. The molecule has 2 saturated heterocycles. The molecule has 2 rings (SSSR count). The zero-order valence-electron chi connectivity index (χ0n) is 12.9. The molecule has 1 atom stereocenters. The number of thioether (sulfide) groups is 1. The van der Waals surface area contributed by atoms with Gasteiger partial charge in [0.05, 0.1) is 0 Å². The number of nitrogens with two attached hydrogens (primary N) is 1. The summed E-state index contributed by atoms with van der Waals surface area (Å²) < 4.78 is 0. The van der Waals surface area contributed by atoms with Crippen molar-refractivity contribution < 1.29 is 0 Å². The lowest BCUT2D eigenvalue weighted by Gasteiger charge is -2.51. The molecule has 19 heavy (non-hydrogen) atoms. The molecular formula is C15H31N3S. The van der Waals surface area contributed by atoms with Gasteiger partial charge in [0.2, 0.25) is 0 Å². The van der Waals surface area contributed by atoms with Crippen LogP contribution in [0.5, 0.6) is 0 Å². The van der Waals surface area contributed by atoms with Gasteiger partial charge in [0.1, 0.15) is 0 Å². The molecule has 2 fully saturated rings. The normalized spacial score (nSPS) is 29.8. The van der Waals surface area contributed by atoms with Gasteiger partial charge in [0, 0.05) is 55.3 Å². The number of hydrogen-bond donors (Lipinski definition) is 1. The van der Waals surface area contributed by atoms with Gasteiger partial charge >= 0.3 is 0 Å². The Bertz CT molecular complexity index is 275. The second-order valence-corrected chi connectivity index (χ2v) is 7.81. The summed E-state index contributed by atoms with van der Waals surface area (Å²) in [5.41, 5.74) is 6.50. The van der Waals surface area contributed by atoms with Crippen LogP contribution in [0.4, 0.5) is 0 Å². The van der Waals surface area contributed by atoms with Crippen LogP contribution in [0.15, 0.2) is 0 Å². The minimum absolute atomic E-state index is 0.291. The lowest BCUT2D eigenvalue weighted by molar-refractivity contribution is 0.0197. The molecule has 2 N–H and O–H groups in total.